The minimum absolute atomic E-state index is 0.970. The maximum atomic E-state index is 3.87. The largest absolute Gasteiger partial charge is 0.310 e. The first-order chi connectivity index (χ1) is 4.91. The van der Waals surface area contributed by atoms with Crippen LogP contribution in [0.2, 0.25) is 0 Å². The fourth-order valence-electron chi connectivity index (χ4n) is 0.624. The van der Waals surface area contributed by atoms with Gasteiger partial charge in [-0.2, -0.15) is 5.10 Å². The van der Waals surface area contributed by atoms with Crippen molar-refractivity contribution in [3.63, 3.8) is 0 Å². The van der Waals surface area contributed by atoms with E-state index in [1.807, 2.05) is 0 Å². The summed E-state index contributed by atoms with van der Waals surface area (Å²) < 4.78 is 0. The van der Waals surface area contributed by atoms with E-state index in [1.165, 1.54) is 19.3 Å². The lowest BCUT2D eigenvalue weighted by Gasteiger charge is -1.96. The minimum Gasteiger partial charge on any atom is -0.310 e. The van der Waals surface area contributed by atoms with Gasteiger partial charge >= 0.3 is 0 Å². The van der Waals surface area contributed by atoms with Gasteiger partial charge in [0.15, 0.2) is 0 Å². The van der Waals surface area contributed by atoms with Crippen LogP contribution in [0.3, 0.4) is 0 Å². The highest BCUT2D eigenvalue weighted by atomic mass is 15.3. The van der Waals surface area contributed by atoms with Gasteiger partial charge in [-0.25, -0.2) is 0 Å². The average Bonchev–Trinajstić information content (AvgIpc) is 1.97. The molecule has 0 saturated heterocycles. The number of rotatable bonds is 6. The second kappa shape index (κ2) is 8.21. The van der Waals surface area contributed by atoms with Crippen molar-refractivity contribution >= 4 is 6.21 Å². The first-order valence-corrected chi connectivity index (χ1v) is 3.78. The van der Waals surface area contributed by atoms with Crippen molar-refractivity contribution in [1.82, 2.24) is 5.43 Å². The molecule has 0 heterocycles. The van der Waals surface area contributed by atoms with Gasteiger partial charge in [0.05, 0.1) is 0 Å². The molecule has 0 unspecified atom stereocenters. The number of unbranched alkanes of at least 4 members (excludes halogenated alkanes) is 2. The summed E-state index contributed by atoms with van der Waals surface area (Å²) in [6.07, 6.45) is 7.05. The van der Waals surface area contributed by atoms with Crippen LogP contribution in [0.4, 0.5) is 0 Å². The lowest BCUT2D eigenvalue weighted by molar-refractivity contribution is 0.641. The lowest BCUT2D eigenvalue weighted by atomic mass is 10.3. The predicted octanol–water partition coefficient (Wildman–Crippen LogP) is 1.94. The quantitative estimate of drug-likeness (QED) is 0.340. The first-order valence-electron chi connectivity index (χ1n) is 3.78. The van der Waals surface area contributed by atoms with E-state index >= 15 is 0 Å². The lowest BCUT2D eigenvalue weighted by Crippen LogP contribution is -2.06. The molecule has 0 radical (unpaired) electrons. The zero-order valence-corrected chi connectivity index (χ0v) is 6.64. The Bertz CT molecular complexity index is 97.4. The topological polar surface area (TPSA) is 24.4 Å². The number of nitrogens with zero attached hydrogens (tertiary/aromatic N) is 1. The molecule has 0 aromatic carbocycles. The Labute approximate surface area is 63.0 Å². The zero-order valence-electron chi connectivity index (χ0n) is 6.64. The molecule has 0 atom stereocenters. The van der Waals surface area contributed by atoms with Crippen LogP contribution in [0, 0.1) is 0 Å². The van der Waals surface area contributed by atoms with Crippen LogP contribution >= 0.6 is 0 Å². The molecular weight excluding hydrogens is 124 g/mol. The third kappa shape index (κ3) is 7.21. The summed E-state index contributed by atoms with van der Waals surface area (Å²) in [5.74, 6) is 0. The van der Waals surface area contributed by atoms with Gasteiger partial charge in [0.2, 0.25) is 0 Å². The van der Waals surface area contributed by atoms with Crippen LogP contribution in [0.15, 0.2) is 17.8 Å². The predicted molar refractivity (Wildman–Crippen MR) is 46.2 cm³/mol. The van der Waals surface area contributed by atoms with Gasteiger partial charge in [-0.3, -0.25) is 0 Å². The van der Waals surface area contributed by atoms with E-state index in [4.69, 9.17) is 0 Å². The molecule has 58 valence electrons. The molecule has 0 rings (SSSR count). The standard InChI is InChI=1S/C8H16N2/c1-3-5-6-8-10-9-7-4-2/h4,7,10H,2-3,5-6,8H2,1H3. The Morgan fingerprint density at radius 1 is 1.50 bits per heavy atom. The third-order valence-corrected chi connectivity index (χ3v) is 1.16. The van der Waals surface area contributed by atoms with E-state index in [9.17, 15) is 0 Å². The smallest absolute Gasteiger partial charge is 0.0462 e. The van der Waals surface area contributed by atoms with Crippen molar-refractivity contribution < 1.29 is 0 Å². The van der Waals surface area contributed by atoms with Crippen molar-refractivity contribution in [2.45, 2.75) is 26.2 Å². The molecule has 0 fully saturated rings. The molecule has 0 aliphatic heterocycles. The molecule has 0 amide bonds. The van der Waals surface area contributed by atoms with Crippen molar-refractivity contribution in [3.8, 4) is 0 Å². The van der Waals surface area contributed by atoms with Gasteiger partial charge in [0.1, 0.15) is 0 Å². The normalized spacial score (nSPS) is 10.1. The van der Waals surface area contributed by atoms with Crippen molar-refractivity contribution in [2.24, 2.45) is 5.10 Å². The van der Waals surface area contributed by atoms with E-state index in [2.05, 4.69) is 24.0 Å². The van der Waals surface area contributed by atoms with Gasteiger partial charge in [0, 0.05) is 12.8 Å². The van der Waals surface area contributed by atoms with E-state index < -0.39 is 0 Å². The number of hydrogen-bond donors (Lipinski definition) is 1. The Morgan fingerprint density at radius 2 is 2.30 bits per heavy atom. The van der Waals surface area contributed by atoms with E-state index in [-0.39, 0.29) is 0 Å². The summed E-state index contributed by atoms with van der Waals surface area (Å²) in [4.78, 5) is 0. The van der Waals surface area contributed by atoms with Gasteiger partial charge < -0.3 is 5.43 Å². The second-order valence-corrected chi connectivity index (χ2v) is 2.13. The molecule has 2 heteroatoms. The molecule has 0 aromatic heterocycles. The van der Waals surface area contributed by atoms with Crippen molar-refractivity contribution in [1.29, 1.82) is 0 Å². The molecule has 0 aliphatic carbocycles. The van der Waals surface area contributed by atoms with E-state index in [1.54, 1.807) is 12.3 Å². The number of allylic oxidation sites excluding steroid dienone is 1. The van der Waals surface area contributed by atoms with Crippen LogP contribution < -0.4 is 5.43 Å². The molecule has 0 aromatic rings. The number of hydrazone groups is 1. The molecule has 0 saturated carbocycles. The Kier molecular flexibility index (Phi) is 7.56. The summed E-state index contributed by atoms with van der Waals surface area (Å²) in [6.45, 7) is 6.66. The summed E-state index contributed by atoms with van der Waals surface area (Å²) in [5.41, 5.74) is 2.92. The molecule has 10 heavy (non-hydrogen) atoms. The highest BCUT2D eigenvalue weighted by Crippen LogP contribution is 1.90. The molecule has 0 bridgehead atoms. The molecule has 0 aliphatic rings. The maximum absolute atomic E-state index is 3.87. The summed E-state index contributed by atoms with van der Waals surface area (Å²) in [5, 5.41) is 3.87. The first kappa shape index (κ1) is 9.21. The SMILES string of the molecule is C=CC=NNCCCCC. The highest BCUT2D eigenvalue weighted by Gasteiger charge is 1.81. The van der Waals surface area contributed by atoms with Gasteiger partial charge in [-0.1, -0.05) is 26.3 Å². The fourth-order valence-corrected chi connectivity index (χ4v) is 0.624. The van der Waals surface area contributed by atoms with Crippen LogP contribution in [-0.2, 0) is 0 Å². The van der Waals surface area contributed by atoms with Crippen molar-refractivity contribution in [2.75, 3.05) is 6.54 Å². The van der Waals surface area contributed by atoms with Crippen LogP contribution in [-0.4, -0.2) is 12.8 Å². The second-order valence-electron chi connectivity index (χ2n) is 2.13. The van der Waals surface area contributed by atoms with E-state index in [0.717, 1.165) is 6.54 Å². The third-order valence-electron chi connectivity index (χ3n) is 1.16. The van der Waals surface area contributed by atoms with Gasteiger partial charge in [-0.05, 0) is 12.5 Å². The zero-order chi connectivity index (χ0) is 7.66. The molecular formula is C8H16N2. The minimum atomic E-state index is 0.970. The van der Waals surface area contributed by atoms with Crippen LogP contribution in [0.1, 0.15) is 26.2 Å². The maximum Gasteiger partial charge on any atom is 0.0462 e. The monoisotopic (exact) mass is 140 g/mol. The average molecular weight is 140 g/mol. The van der Waals surface area contributed by atoms with Crippen molar-refractivity contribution in [3.05, 3.63) is 12.7 Å². The van der Waals surface area contributed by atoms with Gasteiger partial charge in [0.25, 0.3) is 0 Å². The fraction of sp³-hybridized carbons (Fsp3) is 0.625. The summed E-state index contributed by atoms with van der Waals surface area (Å²) in [7, 11) is 0. The van der Waals surface area contributed by atoms with Crippen LogP contribution in [0.5, 0.6) is 0 Å². The molecule has 2 nitrogen and oxygen atoms in total. The Morgan fingerprint density at radius 3 is 2.90 bits per heavy atom. The summed E-state index contributed by atoms with van der Waals surface area (Å²) >= 11 is 0. The summed E-state index contributed by atoms with van der Waals surface area (Å²) in [6, 6.07) is 0. The number of hydrogen-bond acceptors (Lipinski definition) is 2. The number of nitrogens with one attached hydrogen (secondary N) is 1. The van der Waals surface area contributed by atoms with Crippen LogP contribution in [0.25, 0.3) is 0 Å². The van der Waals surface area contributed by atoms with Gasteiger partial charge in [-0.15, -0.1) is 0 Å². The molecule has 0 spiro atoms. The molecule has 1 N–H and O–H groups in total. The Hall–Kier alpha value is -0.790. The highest BCUT2D eigenvalue weighted by molar-refractivity contribution is 5.69. The Balaban J connectivity index is 2.90. The van der Waals surface area contributed by atoms with E-state index in [0.29, 0.717) is 0 Å².